The zero-order valence-corrected chi connectivity index (χ0v) is 11.1. The molecule has 0 unspecified atom stereocenters. The topological polar surface area (TPSA) is 79.1 Å². The van der Waals surface area contributed by atoms with E-state index in [-0.39, 0.29) is 0 Å². The first-order valence-corrected chi connectivity index (χ1v) is 6.49. The van der Waals surface area contributed by atoms with Crippen molar-refractivity contribution in [2.24, 2.45) is 10.7 Å². The predicted octanol–water partition coefficient (Wildman–Crippen LogP) is 1.44. The lowest BCUT2D eigenvalue weighted by Gasteiger charge is -2.19. The minimum absolute atomic E-state index is 0.590. The number of aliphatic imine (C=N–C) groups is 1. The van der Waals surface area contributed by atoms with Crippen molar-refractivity contribution < 1.29 is 0 Å². The van der Waals surface area contributed by atoms with Gasteiger partial charge in [-0.15, -0.1) is 0 Å². The molecule has 0 saturated heterocycles. The number of nitrogens with one attached hydrogen (secondary N) is 2. The molecule has 0 fully saturated rings. The van der Waals surface area contributed by atoms with Crippen molar-refractivity contribution in [1.29, 1.82) is 0 Å². The Balaban J connectivity index is 2.17. The molecule has 0 radical (unpaired) electrons. The van der Waals surface area contributed by atoms with Crippen LogP contribution in [0.4, 0.5) is 0 Å². The molecule has 1 aliphatic carbocycles. The number of rotatable bonds is 4. The second-order valence-corrected chi connectivity index (χ2v) is 4.43. The molecule has 0 aliphatic heterocycles. The summed E-state index contributed by atoms with van der Waals surface area (Å²) in [5.41, 5.74) is 10.2. The third-order valence-corrected chi connectivity index (χ3v) is 3.21. The van der Waals surface area contributed by atoms with Crippen LogP contribution >= 0.6 is 0 Å². The first-order valence-electron chi connectivity index (χ1n) is 6.49. The maximum atomic E-state index is 5.48. The molecule has 0 aromatic carbocycles. The van der Waals surface area contributed by atoms with Crippen LogP contribution in [0.15, 0.2) is 17.0 Å². The van der Waals surface area contributed by atoms with E-state index in [2.05, 4.69) is 34.1 Å². The fourth-order valence-corrected chi connectivity index (χ4v) is 2.18. The van der Waals surface area contributed by atoms with Gasteiger partial charge in [0, 0.05) is 24.4 Å². The van der Waals surface area contributed by atoms with Crippen molar-refractivity contribution in [1.82, 2.24) is 15.3 Å². The van der Waals surface area contributed by atoms with Gasteiger partial charge in [0.15, 0.2) is 0 Å². The number of nitrogens with two attached hydrogens (primary N) is 1. The average Bonchev–Trinajstić information content (AvgIpc) is 2.86. The first-order chi connectivity index (χ1) is 8.76. The summed E-state index contributed by atoms with van der Waals surface area (Å²) >= 11 is 0. The van der Waals surface area contributed by atoms with Crippen molar-refractivity contribution in [3.8, 4) is 0 Å². The molecule has 0 amide bonds. The summed E-state index contributed by atoms with van der Waals surface area (Å²) in [7, 11) is 0. The number of H-pyrrole nitrogens is 1. The minimum Gasteiger partial charge on any atom is -0.348 e. The molecule has 0 saturated carbocycles. The van der Waals surface area contributed by atoms with E-state index in [1.165, 1.54) is 17.0 Å². The SMILES string of the molecule is CCC(=NCCN)NC1=C(C)c2nc[nH]c2CC1. The number of imidazole rings is 1. The maximum Gasteiger partial charge on any atom is 0.100 e. The summed E-state index contributed by atoms with van der Waals surface area (Å²) in [6.45, 7) is 5.47. The highest BCUT2D eigenvalue weighted by molar-refractivity contribution is 5.85. The molecule has 1 aliphatic rings. The number of allylic oxidation sites excluding steroid dienone is 2. The van der Waals surface area contributed by atoms with Gasteiger partial charge in [-0.2, -0.15) is 0 Å². The first kappa shape index (κ1) is 12.8. The van der Waals surface area contributed by atoms with Crippen LogP contribution in [-0.2, 0) is 6.42 Å². The minimum atomic E-state index is 0.590. The van der Waals surface area contributed by atoms with Crippen molar-refractivity contribution in [2.75, 3.05) is 13.1 Å². The lowest BCUT2D eigenvalue weighted by Crippen LogP contribution is -2.26. The third-order valence-electron chi connectivity index (χ3n) is 3.21. The monoisotopic (exact) mass is 247 g/mol. The van der Waals surface area contributed by atoms with Crippen LogP contribution in [-0.4, -0.2) is 28.9 Å². The largest absolute Gasteiger partial charge is 0.348 e. The zero-order chi connectivity index (χ0) is 13.0. The van der Waals surface area contributed by atoms with Gasteiger partial charge in [0.25, 0.3) is 0 Å². The van der Waals surface area contributed by atoms with Gasteiger partial charge in [-0.3, -0.25) is 4.99 Å². The number of aromatic nitrogens is 2. The summed E-state index contributed by atoms with van der Waals surface area (Å²) in [6, 6.07) is 0. The molecule has 2 rings (SSSR count). The Morgan fingerprint density at radius 1 is 1.56 bits per heavy atom. The lowest BCUT2D eigenvalue weighted by atomic mass is 9.98. The van der Waals surface area contributed by atoms with Gasteiger partial charge in [0.2, 0.25) is 0 Å². The van der Waals surface area contributed by atoms with Crippen LogP contribution in [0.25, 0.3) is 5.57 Å². The lowest BCUT2D eigenvalue weighted by molar-refractivity contribution is 0.826. The molecule has 0 atom stereocenters. The molecule has 1 aromatic rings. The molecule has 1 heterocycles. The van der Waals surface area contributed by atoms with Gasteiger partial charge in [-0.1, -0.05) is 6.92 Å². The van der Waals surface area contributed by atoms with E-state index in [1.54, 1.807) is 6.33 Å². The van der Waals surface area contributed by atoms with Crippen LogP contribution in [0.3, 0.4) is 0 Å². The highest BCUT2D eigenvalue weighted by Crippen LogP contribution is 2.26. The van der Waals surface area contributed by atoms with Crippen LogP contribution in [0.1, 0.15) is 38.1 Å². The number of hydrogen-bond acceptors (Lipinski definition) is 3. The van der Waals surface area contributed by atoms with E-state index in [4.69, 9.17) is 5.73 Å². The smallest absolute Gasteiger partial charge is 0.100 e. The molecule has 0 bridgehead atoms. The fourth-order valence-electron chi connectivity index (χ4n) is 2.18. The number of aromatic amines is 1. The van der Waals surface area contributed by atoms with Crippen LogP contribution < -0.4 is 11.1 Å². The van der Waals surface area contributed by atoms with E-state index < -0.39 is 0 Å². The fraction of sp³-hybridized carbons (Fsp3) is 0.538. The van der Waals surface area contributed by atoms with E-state index >= 15 is 0 Å². The summed E-state index contributed by atoms with van der Waals surface area (Å²) in [5, 5.41) is 3.44. The normalized spacial score (nSPS) is 15.8. The van der Waals surface area contributed by atoms with Crippen molar-refractivity contribution in [3.05, 3.63) is 23.4 Å². The quantitative estimate of drug-likeness (QED) is 0.556. The van der Waals surface area contributed by atoms with Crippen molar-refractivity contribution >= 4 is 11.4 Å². The summed E-state index contributed by atoms with van der Waals surface area (Å²) < 4.78 is 0. The standard InChI is InChI=1S/C13H21N5/c1-3-12(15-7-6-14)18-10-4-5-11-13(9(10)2)17-8-16-11/h8H,3-7,14H2,1-2H3,(H,15,18)(H,16,17). The Morgan fingerprint density at radius 3 is 3.11 bits per heavy atom. The molecule has 4 N–H and O–H groups in total. The molecular formula is C13H21N5. The number of amidine groups is 1. The van der Waals surface area contributed by atoms with Crippen molar-refractivity contribution in [2.45, 2.75) is 33.1 Å². The Hall–Kier alpha value is -1.62. The Morgan fingerprint density at radius 2 is 2.39 bits per heavy atom. The molecule has 98 valence electrons. The van der Waals surface area contributed by atoms with Crippen LogP contribution in [0.5, 0.6) is 0 Å². The Bertz CT molecular complexity index is 469. The number of aryl methyl sites for hydroxylation is 1. The average molecular weight is 247 g/mol. The van der Waals surface area contributed by atoms with E-state index in [0.29, 0.717) is 13.1 Å². The summed E-state index contributed by atoms with van der Waals surface area (Å²) in [4.78, 5) is 12.0. The van der Waals surface area contributed by atoms with Gasteiger partial charge in [-0.25, -0.2) is 4.98 Å². The molecule has 1 aromatic heterocycles. The maximum absolute atomic E-state index is 5.48. The number of fused-ring (bicyclic) bond motifs is 1. The summed E-state index contributed by atoms with van der Waals surface area (Å²) in [5.74, 6) is 1.01. The Labute approximate surface area is 108 Å². The molecular weight excluding hydrogens is 226 g/mol. The van der Waals surface area contributed by atoms with Crippen LogP contribution in [0, 0.1) is 0 Å². The van der Waals surface area contributed by atoms with Gasteiger partial charge in [-0.05, 0) is 25.3 Å². The highest BCUT2D eigenvalue weighted by atomic mass is 15.0. The summed E-state index contributed by atoms with van der Waals surface area (Å²) in [6.07, 6.45) is 4.66. The Kier molecular flexibility index (Phi) is 4.15. The highest BCUT2D eigenvalue weighted by Gasteiger charge is 2.18. The van der Waals surface area contributed by atoms with E-state index in [1.807, 2.05) is 0 Å². The zero-order valence-electron chi connectivity index (χ0n) is 11.1. The van der Waals surface area contributed by atoms with Gasteiger partial charge < -0.3 is 16.0 Å². The number of nitrogens with zero attached hydrogens (tertiary/aromatic N) is 2. The van der Waals surface area contributed by atoms with Gasteiger partial charge in [0.05, 0.1) is 18.6 Å². The predicted molar refractivity (Wildman–Crippen MR) is 74.3 cm³/mol. The molecule has 5 heteroatoms. The van der Waals surface area contributed by atoms with Gasteiger partial charge >= 0.3 is 0 Å². The molecule has 18 heavy (non-hydrogen) atoms. The second-order valence-electron chi connectivity index (χ2n) is 4.43. The number of hydrogen-bond donors (Lipinski definition) is 3. The van der Waals surface area contributed by atoms with E-state index in [0.717, 1.165) is 30.8 Å². The van der Waals surface area contributed by atoms with E-state index in [9.17, 15) is 0 Å². The molecule has 0 spiro atoms. The molecule has 5 nitrogen and oxygen atoms in total. The van der Waals surface area contributed by atoms with Crippen LogP contribution in [0.2, 0.25) is 0 Å². The van der Waals surface area contributed by atoms with Gasteiger partial charge in [0.1, 0.15) is 5.84 Å². The third kappa shape index (κ3) is 2.61. The van der Waals surface area contributed by atoms with Crippen molar-refractivity contribution in [3.63, 3.8) is 0 Å². The second kappa shape index (κ2) is 5.82.